The highest BCUT2D eigenvalue weighted by Gasteiger charge is 2.34. The first-order valence-corrected chi connectivity index (χ1v) is 7.50. The first-order valence-electron chi connectivity index (χ1n) is 7.50. The molecule has 1 aromatic carbocycles. The Morgan fingerprint density at radius 1 is 1.00 bits per heavy atom. The number of nitrogens with one attached hydrogen (secondary N) is 2. The van der Waals surface area contributed by atoms with Gasteiger partial charge >= 0.3 is 0 Å². The van der Waals surface area contributed by atoms with E-state index in [1.54, 1.807) is 24.3 Å². The Kier molecular flexibility index (Phi) is 4.24. The summed E-state index contributed by atoms with van der Waals surface area (Å²) in [6.45, 7) is 0.186. The van der Waals surface area contributed by atoms with Crippen molar-refractivity contribution >= 4 is 23.4 Å². The monoisotopic (exact) mass is 325 g/mol. The molecule has 0 saturated carbocycles. The van der Waals surface area contributed by atoms with Gasteiger partial charge in [-0.15, -0.1) is 0 Å². The molecule has 1 aliphatic heterocycles. The Bertz CT molecular complexity index is 817. The van der Waals surface area contributed by atoms with Crippen LogP contribution in [0.15, 0.2) is 47.4 Å². The van der Waals surface area contributed by atoms with Crippen LogP contribution in [-0.2, 0) is 4.79 Å². The maximum atomic E-state index is 12.2. The lowest BCUT2D eigenvalue weighted by Crippen LogP contribution is -2.31. The van der Waals surface area contributed by atoms with Crippen LogP contribution < -0.4 is 10.9 Å². The number of nitrogens with zero attached hydrogens (tertiary/aromatic N) is 1. The molecular weight excluding hydrogens is 310 g/mol. The number of aromatic nitrogens is 1. The number of amides is 3. The van der Waals surface area contributed by atoms with Gasteiger partial charge < -0.3 is 10.3 Å². The van der Waals surface area contributed by atoms with Gasteiger partial charge in [-0.25, -0.2) is 0 Å². The Balaban J connectivity index is 1.53. The van der Waals surface area contributed by atoms with Crippen LogP contribution in [0.3, 0.4) is 0 Å². The third-order valence-electron chi connectivity index (χ3n) is 3.73. The van der Waals surface area contributed by atoms with E-state index in [1.807, 2.05) is 0 Å². The van der Waals surface area contributed by atoms with E-state index < -0.39 is 0 Å². The van der Waals surface area contributed by atoms with Gasteiger partial charge in [0.2, 0.25) is 11.5 Å². The number of fused-ring (bicyclic) bond motifs is 1. The molecule has 2 aromatic rings. The Morgan fingerprint density at radius 2 is 1.67 bits per heavy atom. The topological polar surface area (TPSA) is 99.3 Å². The highest BCUT2D eigenvalue weighted by Crippen LogP contribution is 2.22. The predicted octanol–water partition coefficient (Wildman–Crippen LogP) is 1.39. The van der Waals surface area contributed by atoms with Gasteiger partial charge in [0.1, 0.15) is 0 Å². The lowest BCUT2D eigenvalue weighted by molar-refractivity contribution is -0.116. The molecule has 3 rings (SSSR count). The summed E-state index contributed by atoms with van der Waals surface area (Å²) >= 11 is 0. The van der Waals surface area contributed by atoms with Gasteiger partial charge in [-0.3, -0.25) is 24.1 Å². The molecule has 0 spiro atoms. The molecule has 0 saturated heterocycles. The zero-order chi connectivity index (χ0) is 17.1. The minimum absolute atomic E-state index is 0.159. The van der Waals surface area contributed by atoms with Crippen molar-refractivity contribution in [3.63, 3.8) is 0 Å². The van der Waals surface area contributed by atoms with Gasteiger partial charge in [-0.2, -0.15) is 0 Å². The van der Waals surface area contributed by atoms with E-state index >= 15 is 0 Å². The highest BCUT2D eigenvalue weighted by atomic mass is 16.2. The van der Waals surface area contributed by atoms with E-state index in [1.165, 1.54) is 18.3 Å². The second kappa shape index (κ2) is 6.49. The van der Waals surface area contributed by atoms with Crippen molar-refractivity contribution in [2.75, 3.05) is 11.9 Å². The van der Waals surface area contributed by atoms with Crippen LogP contribution in [0.25, 0.3) is 0 Å². The Labute approximate surface area is 137 Å². The molecule has 1 aromatic heterocycles. The standard InChI is InChI=1S/C17H15N3O4/c21-14-8-7-11(10-18-14)19-15(22)6-3-9-20-16(23)12-4-1-2-5-13(12)17(20)24/h1-2,4-5,7-8,10H,3,6,9H2,(H,18,21)(H,19,22). The molecule has 0 aliphatic carbocycles. The summed E-state index contributed by atoms with van der Waals surface area (Å²) < 4.78 is 0. The van der Waals surface area contributed by atoms with E-state index in [0.29, 0.717) is 23.2 Å². The fourth-order valence-electron chi connectivity index (χ4n) is 2.55. The molecule has 2 N–H and O–H groups in total. The summed E-state index contributed by atoms with van der Waals surface area (Å²) in [6, 6.07) is 9.49. The average molecular weight is 325 g/mol. The van der Waals surface area contributed by atoms with Crippen molar-refractivity contribution in [2.45, 2.75) is 12.8 Å². The Hall–Kier alpha value is -3.22. The number of imide groups is 1. The minimum Gasteiger partial charge on any atom is -0.327 e. The summed E-state index contributed by atoms with van der Waals surface area (Å²) in [7, 11) is 0. The number of anilines is 1. The first kappa shape index (κ1) is 15.7. The largest absolute Gasteiger partial charge is 0.327 e. The molecular formula is C17H15N3O4. The molecule has 7 heteroatoms. The first-order chi connectivity index (χ1) is 11.6. The third-order valence-corrected chi connectivity index (χ3v) is 3.73. The van der Waals surface area contributed by atoms with Gasteiger partial charge in [-0.05, 0) is 24.6 Å². The summed E-state index contributed by atoms with van der Waals surface area (Å²) in [4.78, 5) is 50.8. The molecule has 122 valence electrons. The van der Waals surface area contributed by atoms with Gasteiger partial charge in [0.15, 0.2) is 0 Å². The van der Waals surface area contributed by atoms with Crippen molar-refractivity contribution < 1.29 is 14.4 Å². The van der Waals surface area contributed by atoms with Gasteiger partial charge in [0.25, 0.3) is 11.8 Å². The van der Waals surface area contributed by atoms with E-state index in [9.17, 15) is 19.2 Å². The van der Waals surface area contributed by atoms with Crippen molar-refractivity contribution in [1.29, 1.82) is 0 Å². The fourth-order valence-corrected chi connectivity index (χ4v) is 2.55. The maximum Gasteiger partial charge on any atom is 0.261 e. The van der Waals surface area contributed by atoms with Crippen molar-refractivity contribution in [3.05, 3.63) is 64.1 Å². The molecule has 0 fully saturated rings. The quantitative estimate of drug-likeness (QED) is 0.811. The number of H-pyrrole nitrogens is 1. The predicted molar refractivity (Wildman–Crippen MR) is 86.7 cm³/mol. The second-order valence-electron chi connectivity index (χ2n) is 5.40. The number of hydrogen-bond donors (Lipinski definition) is 2. The summed E-state index contributed by atoms with van der Waals surface area (Å²) in [6.07, 6.45) is 1.93. The van der Waals surface area contributed by atoms with Crippen LogP contribution in [0.2, 0.25) is 0 Å². The number of pyridine rings is 1. The van der Waals surface area contributed by atoms with Gasteiger partial charge in [-0.1, -0.05) is 12.1 Å². The smallest absolute Gasteiger partial charge is 0.261 e. The lowest BCUT2D eigenvalue weighted by Gasteiger charge is -2.13. The number of carbonyl (C=O) groups is 3. The van der Waals surface area contributed by atoms with Gasteiger partial charge in [0, 0.05) is 25.2 Å². The van der Waals surface area contributed by atoms with E-state index in [4.69, 9.17) is 0 Å². The SMILES string of the molecule is O=C(CCCN1C(=O)c2ccccc2C1=O)Nc1ccc(=O)[nH]c1. The summed E-state index contributed by atoms with van der Waals surface area (Å²) in [5, 5.41) is 2.64. The molecule has 0 unspecified atom stereocenters. The lowest BCUT2D eigenvalue weighted by atomic mass is 10.1. The third kappa shape index (κ3) is 3.10. The zero-order valence-corrected chi connectivity index (χ0v) is 12.7. The van der Waals surface area contributed by atoms with Crippen molar-refractivity contribution in [1.82, 2.24) is 9.88 Å². The van der Waals surface area contributed by atoms with E-state index in [-0.39, 0.29) is 36.2 Å². The number of hydrogen-bond acceptors (Lipinski definition) is 4. The van der Waals surface area contributed by atoms with E-state index in [0.717, 1.165) is 4.90 Å². The number of rotatable bonds is 5. The van der Waals surface area contributed by atoms with Crippen LogP contribution in [0.5, 0.6) is 0 Å². The molecule has 1 aliphatic rings. The summed E-state index contributed by atoms with van der Waals surface area (Å²) in [5.41, 5.74) is 1.04. The van der Waals surface area contributed by atoms with Gasteiger partial charge in [0.05, 0.1) is 16.8 Å². The molecule has 0 bridgehead atoms. The fraction of sp³-hybridized carbons (Fsp3) is 0.176. The molecule has 7 nitrogen and oxygen atoms in total. The van der Waals surface area contributed by atoms with Crippen molar-refractivity contribution in [2.24, 2.45) is 0 Å². The number of benzene rings is 1. The Morgan fingerprint density at radius 3 is 2.25 bits per heavy atom. The van der Waals surface area contributed by atoms with E-state index in [2.05, 4.69) is 10.3 Å². The zero-order valence-electron chi connectivity index (χ0n) is 12.7. The second-order valence-corrected chi connectivity index (χ2v) is 5.40. The number of carbonyl (C=O) groups excluding carboxylic acids is 3. The average Bonchev–Trinajstić information content (AvgIpc) is 2.82. The van der Waals surface area contributed by atoms with Crippen LogP contribution in [0, 0.1) is 0 Å². The summed E-state index contributed by atoms with van der Waals surface area (Å²) in [5.74, 6) is -0.896. The van der Waals surface area contributed by atoms with Crippen LogP contribution in [0.1, 0.15) is 33.6 Å². The highest BCUT2D eigenvalue weighted by molar-refractivity contribution is 6.21. The molecule has 24 heavy (non-hydrogen) atoms. The normalized spacial score (nSPS) is 13.1. The maximum absolute atomic E-state index is 12.2. The molecule has 0 atom stereocenters. The number of aromatic amines is 1. The van der Waals surface area contributed by atoms with Crippen LogP contribution in [-0.4, -0.2) is 34.2 Å². The van der Waals surface area contributed by atoms with Crippen LogP contribution in [0.4, 0.5) is 5.69 Å². The molecule has 2 heterocycles. The van der Waals surface area contributed by atoms with Crippen molar-refractivity contribution in [3.8, 4) is 0 Å². The minimum atomic E-state index is -0.323. The molecule has 3 amide bonds. The molecule has 0 radical (unpaired) electrons. The van der Waals surface area contributed by atoms with Crippen LogP contribution >= 0.6 is 0 Å².